The van der Waals surface area contributed by atoms with Crippen LogP contribution in [0.2, 0.25) is 5.15 Å². The van der Waals surface area contributed by atoms with Gasteiger partial charge in [0.25, 0.3) is 0 Å². The van der Waals surface area contributed by atoms with E-state index >= 15 is 0 Å². The van der Waals surface area contributed by atoms with E-state index in [4.69, 9.17) is 21.0 Å². The van der Waals surface area contributed by atoms with E-state index in [0.29, 0.717) is 12.6 Å². The number of nitrogens with zero attached hydrogens (tertiary/aromatic N) is 1. The van der Waals surface area contributed by atoms with Crippen LogP contribution in [-0.2, 0) is 9.39 Å². The molecule has 0 bridgehead atoms. The smallest absolute Gasteiger partial charge is 0.312 e. The number of hydrogen-bond donors (Lipinski definition) is 0. The minimum Gasteiger partial charge on any atom is -0.429 e. The number of rotatable bonds is 4. The molecule has 1 atom stereocenters. The van der Waals surface area contributed by atoms with Gasteiger partial charge in [0.15, 0.2) is 0 Å². The topological polar surface area (TPSA) is 31.4 Å². The van der Waals surface area contributed by atoms with Crippen LogP contribution in [0.4, 0.5) is 0 Å². The van der Waals surface area contributed by atoms with Crippen LogP contribution in [0.1, 0.15) is 59.1 Å². The molecule has 1 aromatic heterocycles. The Morgan fingerprint density at radius 2 is 2.05 bits per heavy atom. The summed E-state index contributed by atoms with van der Waals surface area (Å²) in [5.74, 6) is 0. The highest BCUT2D eigenvalue weighted by Crippen LogP contribution is 2.33. The maximum atomic E-state index is 6.30. The molecule has 1 fully saturated rings. The largest absolute Gasteiger partial charge is 0.429 e. The fraction of sp³-hybridized carbons (Fsp3) is 0.688. The summed E-state index contributed by atoms with van der Waals surface area (Å²) in [6.07, 6.45) is 4.01. The zero-order chi connectivity index (χ0) is 15.7. The van der Waals surface area contributed by atoms with E-state index in [9.17, 15) is 0 Å². The molecule has 1 saturated heterocycles. The van der Waals surface area contributed by atoms with Crippen LogP contribution < -0.4 is 5.46 Å². The summed E-state index contributed by atoms with van der Waals surface area (Å²) >= 11 is 6.30. The van der Waals surface area contributed by atoms with Crippen molar-refractivity contribution in [2.75, 3.05) is 6.61 Å². The van der Waals surface area contributed by atoms with Crippen molar-refractivity contribution in [3.63, 3.8) is 0 Å². The van der Waals surface area contributed by atoms with E-state index in [1.54, 1.807) is 6.20 Å². The molecule has 1 aliphatic heterocycles. The molecule has 0 spiro atoms. The molecule has 1 aromatic rings. The van der Waals surface area contributed by atoms with Crippen molar-refractivity contribution >= 4 is 24.5 Å². The molecular formula is C16H25BClNO2. The second-order valence-electron chi connectivity index (χ2n) is 7.22. The van der Waals surface area contributed by atoms with Crippen molar-refractivity contribution in [3.05, 3.63) is 23.0 Å². The van der Waals surface area contributed by atoms with Gasteiger partial charge in [0.2, 0.25) is 0 Å². The predicted molar refractivity (Wildman–Crippen MR) is 88.6 cm³/mol. The van der Waals surface area contributed by atoms with Crippen LogP contribution in [0, 0.1) is 5.41 Å². The molecule has 0 aliphatic carbocycles. The van der Waals surface area contributed by atoms with E-state index < -0.39 is 0 Å². The molecule has 116 valence electrons. The van der Waals surface area contributed by atoms with Gasteiger partial charge in [-0.1, -0.05) is 32.4 Å². The molecule has 0 N–H and O–H groups in total. The molecule has 0 saturated carbocycles. The van der Waals surface area contributed by atoms with Crippen LogP contribution in [0.3, 0.4) is 0 Å². The summed E-state index contributed by atoms with van der Waals surface area (Å²) in [5.41, 5.74) is 1.88. The molecule has 5 heteroatoms. The highest BCUT2D eigenvalue weighted by molar-refractivity contribution is 6.53. The summed E-state index contributed by atoms with van der Waals surface area (Å²) < 4.78 is 12.0. The van der Waals surface area contributed by atoms with Gasteiger partial charge >= 0.3 is 7.48 Å². The van der Waals surface area contributed by atoms with Crippen LogP contribution in [-0.4, -0.2) is 24.7 Å². The molecule has 1 unspecified atom stereocenters. The molecular weight excluding hydrogens is 284 g/mol. The SMILES string of the molecule is CC(C)(C)C(C)(C)OBc1c(C2CCCO2)ccnc1Cl. The second-order valence-corrected chi connectivity index (χ2v) is 7.58. The Bertz CT molecular complexity index is 494. The summed E-state index contributed by atoms with van der Waals surface area (Å²) in [4.78, 5) is 4.20. The van der Waals surface area contributed by atoms with Crippen molar-refractivity contribution in [1.29, 1.82) is 0 Å². The summed E-state index contributed by atoms with van der Waals surface area (Å²) in [6, 6.07) is 2.00. The zero-order valence-electron chi connectivity index (χ0n) is 13.7. The van der Waals surface area contributed by atoms with E-state index in [0.717, 1.165) is 30.5 Å². The first-order chi connectivity index (χ1) is 9.72. The first kappa shape index (κ1) is 16.8. The van der Waals surface area contributed by atoms with Crippen molar-refractivity contribution in [1.82, 2.24) is 4.98 Å². The Morgan fingerprint density at radius 1 is 1.33 bits per heavy atom. The number of ether oxygens (including phenoxy) is 1. The van der Waals surface area contributed by atoms with Gasteiger partial charge in [-0.2, -0.15) is 0 Å². The molecule has 1 aliphatic rings. The molecule has 21 heavy (non-hydrogen) atoms. The molecule has 2 heterocycles. The quantitative estimate of drug-likeness (QED) is 0.631. The lowest BCUT2D eigenvalue weighted by Gasteiger charge is -2.39. The van der Waals surface area contributed by atoms with Gasteiger partial charge < -0.3 is 9.39 Å². The number of hydrogen-bond acceptors (Lipinski definition) is 3. The van der Waals surface area contributed by atoms with Gasteiger partial charge in [0.1, 0.15) is 5.15 Å². The average Bonchev–Trinajstić information content (AvgIpc) is 2.89. The molecule has 0 amide bonds. The number of aromatic nitrogens is 1. The minimum atomic E-state index is -0.250. The standard InChI is InChI=1S/C16H25BClNO2/c1-15(2,3)16(4,5)21-17-13-11(8-9-19-14(13)18)12-7-6-10-20-12/h8-9,12,17H,6-7,10H2,1-5H3. The van der Waals surface area contributed by atoms with Crippen LogP contribution >= 0.6 is 11.6 Å². The van der Waals surface area contributed by atoms with Crippen molar-refractivity contribution < 1.29 is 9.39 Å². The van der Waals surface area contributed by atoms with Gasteiger partial charge in [-0.05, 0) is 49.2 Å². The lowest BCUT2D eigenvalue weighted by atomic mass is 9.75. The monoisotopic (exact) mass is 309 g/mol. The summed E-state index contributed by atoms with van der Waals surface area (Å²) in [7, 11) is 0.464. The fourth-order valence-electron chi connectivity index (χ4n) is 2.22. The predicted octanol–water partition coefficient (Wildman–Crippen LogP) is 3.40. The van der Waals surface area contributed by atoms with E-state index in [1.807, 2.05) is 6.07 Å². The molecule has 0 radical (unpaired) electrons. The van der Waals surface area contributed by atoms with Gasteiger partial charge in [-0.3, -0.25) is 0 Å². The van der Waals surface area contributed by atoms with Crippen molar-refractivity contribution in [3.8, 4) is 0 Å². The van der Waals surface area contributed by atoms with E-state index in [1.165, 1.54) is 0 Å². The third-order valence-electron chi connectivity index (χ3n) is 4.70. The van der Waals surface area contributed by atoms with Crippen LogP contribution in [0.15, 0.2) is 12.3 Å². The van der Waals surface area contributed by atoms with Gasteiger partial charge in [0, 0.05) is 12.8 Å². The first-order valence-electron chi connectivity index (χ1n) is 7.61. The molecule has 0 aromatic carbocycles. The van der Waals surface area contributed by atoms with Crippen LogP contribution in [0.5, 0.6) is 0 Å². The first-order valence-corrected chi connectivity index (χ1v) is 7.99. The van der Waals surface area contributed by atoms with E-state index in [-0.39, 0.29) is 17.1 Å². The maximum absolute atomic E-state index is 6.30. The second kappa shape index (κ2) is 6.27. The normalized spacial score (nSPS) is 19.8. The highest BCUT2D eigenvalue weighted by atomic mass is 35.5. The lowest BCUT2D eigenvalue weighted by Crippen LogP contribution is -2.43. The fourth-order valence-corrected chi connectivity index (χ4v) is 2.44. The summed E-state index contributed by atoms with van der Waals surface area (Å²) in [5, 5.41) is 0.521. The number of pyridine rings is 1. The number of halogens is 1. The lowest BCUT2D eigenvalue weighted by molar-refractivity contribution is 0.00492. The van der Waals surface area contributed by atoms with Crippen LogP contribution in [0.25, 0.3) is 0 Å². The zero-order valence-corrected chi connectivity index (χ0v) is 14.5. The molecule has 3 nitrogen and oxygen atoms in total. The van der Waals surface area contributed by atoms with Crippen molar-refractivity contribution in [2.45, 2.75) is 59.2 Å². The summed E-state index contributed by atoms with van der Waals surface area (Å²) in [6.45, 7) is 11.6. The Balaban J connectivity index is 2.19. The van der Waals surface area contributed by atoms with Gasteiger partial charge in [0.05, 0.1) is 11.7 Å². The van der Waals surface area contributed by atoms with E-state index in [2.05, 4.69) is 39.6 Å². The Hall–Kier alpha value is -0.575. The third kappa shape index (κ3) is 3.79. The Kier molecular flexibility index (Phi) is 5.01. The van der Waals surface area contributed by atoms with Crippen molar-refractivity contribution in [2.24, 2.45) is 5.41 Å². The average molecular weight is 310 g/mol. The van der Waals surface area contributed by atoms with Gasteiger partial charge in [-0.15, -0.1) is 0 Å². The minimum absolute atomic E-state index is 0.0473. The highest BCUT2D eigenvalue weighted by Gasteiger charge is 2.34. The third-order valence-corrected chi connectivity index (χ3v) is 5.03. The Morgan fingerprint density at radius 3 is 2.62 bits per heavy atom. The Labute approximate surface area is 133 Å². The maximum Gasteiger partial charge on any atom is 0.312 e. The van der Waals surface area contributed by atoms with Gasteiger partial charge in [-0.25, -0.2) is 4.98 Å². The molecule has 2 rings (SSSR count).